The van der Waals surface area contributed by atoms with Gasteiger partial charge < -0.3 is 5.11 Å². The Bertz CT molecular complexity index is 427. The fraction of sp³-hybridized carbons (Fsp3) is 0.733. The first-order chi connectivity index (χ1) is 8.56. The number of carbonyl (C=O) groups is 2. The van der Waals surface area contributed by atoms with E-state index in [0.29, 0.717) is 6.42 Å². The summed E-state index contributed by atoms with van der Waals surface area (Å²) in [5, 5.41) is 10.9. The lowest BCUT2D eigenvalue weighted by molar-refractivity contribution is -0.177. The van der Waals surface area contributed by atoms with E-state index in [-0.39, 0.29) is 36.2 Å². The molecule has 3 aliphatic carbocycles. The molecule has 1 N–H and O–H groups in total. The van der Waals surface area contributed by atoms with Crippen molar-refractivity contribution in [1.82, 2.24) is 0 Å². The van der Waals surface area contributed by atoms with Crippen LogP contribution in [0.3, 0.4) is 0 Å². The van der Waals surface area contributed by atoms with Crippen molar-refractivity contribution < 1.29 is 14.7 Å². The van der Waals surface area contributed by atoms with Crippen LogP contribution >= 0.6 is 0 Å². The average molecular weight is 248 g/mol. The molecular formula is C15H20O3. The summed E-state index contributed by atoms with van der Waals surface area (Å²) < 4.78 is 0. The van der Waals surface area contributed by atoms with Gasteiger partial charge in [-0.05, 0) is 25.2 Å². The van der Waals surface area contributed by atoms with Crippen LogP contribution in [0.15, 0.2) is 12.7 Å². The molecule has 0 unspecified atom stereocenters. The molecule has 0 saturated heterocycles. The van der Waals surface area contributed by atoms with E-state index in [9.17, 15) is 14.7 Å². The van der Waals surface area contributed by atoms with E-state index < -0.39 is 11.0 Å². The molecule has 3 fully saturated rings. The fourth-order valence-electron chi connectivity index (χ4n) is 4.77. The van der Waals surface area contributed by atoms with Crippen molar-refractivity contribution >= 4 is 11.6 Å². The van der Waals surface area contributed by atoms with Crippen LogP contribution in [-0.4, -0.2) is 22.3 Å². The summed E-state index contributed by atoms with van der Waals surface area (Å²) in [5.41, 5.74) is -2.25. The van der Waals surface area contributed by atoms with Gasteiger partial charge in [0.2, 0.25) is 0 Å². The molecule has 3 heteroatoms. The standard InChI is InChI=1S/C15H20O3/c1-2-6-15(18)12(16)9-10-8-11-5-3-4-7-14(11,15)13(10)17/h2,10-11,18H,1,3-9H2/t10-,11+,14-,15+/m1/s1. The molecule has 0 heterocycles. The number of rotatable bonds is 2. The molecule has 18 heavy (non-hydrogen) atoms. The van der Waals surface area contributed by atoms with Crippen molar-refractivity contribution in [3.05, 3.63) is 12.7 Å². The van der Waals surface area contributed by atoms with Gasteiger partial charge >= 0.3 is 0 Å². The highest BCUT2D eigenvalue weighted by molar-refractivity contribution is 6.06. The lowest BCUT2D eigenvalue weighted by Gasteiger charge is -2.50. The zero-order valence-corrected chi connectivity index (χ0v) is 10.7. The molecule has 0 radical (unpaired) electrons. The van der Waals surface area contributed by atoms with Crippen molar-refractivity contribution in [1.29, 1.82) is 0 Å². The molecular weight excluding hydrogens is 228 g/mol. The van der Waals surface area contributed by atoms with Crippen molar-refractivity contribution in [2.45, 2.75) is 50.5 Å². The predicted molar refractivity (Wildman–Crippen MR) is 66.9 cm³/mol. The van der Waals surface area contributed by atoms with Crippen LogP contribution in [0.25, 0.3) is 0 Å². The van der Waals surface area contributed by atoms with E-state index in [1.54, 1.807) is 6.08 Å². The van der Waals surface area contributed by atoms with Gasteiger partial charge in [-0.1, -0.05) is 18.9 Å². The average Bonchev–Trinajstić information content (AvgIpc) is 2.58. The maximum Gasteiger partial charge on any atom is 0.166 e. The molecule has 0 aromatic carbocycles. The lowest BCUT2D eigenvalue weighted by atomic mass is 9.54. The normalized spacial score (nSPS) is 46.9. The molecule has 3 nitrogen and oxygen atoms in total. The maximum absolute atomic E-state index is 12.6. The Hall–Kier alpha value is -0.960. The largest absolute Gasteiger partial charge is 0.381 e. The quantitative estimate of drug-likeness (QED) is 0.761. The summed E-state index contributed by atoms with van der Waals surface area (Å²) in [5.74, 6) is 0.124. The lowest BCUT2D eigenvalue weighted by Crippen LogP contribution is -2.62. The summed E-state index contributed by atoms with van der Waals surface area (Å²) >= 11 is 0. The predicted octanol–water partition coefficient (Wildman–Crippen LogP) is 2.03. The van der Waals surface area contributed by atoms with Gasteiger partial charge in [0.15, 0.2) is 5.78 Å². The highest BCUT2D eigenvalue weighted by Crippen LogP contribution is 2.62. The van der Waals surface area contributed by atoms with Crippen molar-refractivity contribution in [3.8, 4) is 0 Å². The third kappa shape index (κ3) is 1.18. The van der Waals surface area contributed by atoms with E-state index in [0.717, 1.165) is 25.7 Å². The molecule has 0 aliphatic heterocycles. The molecule has 0 aromatic rings. The van der Waals surface area contributed by atoms with Gasteiger partial charge in [0, 0.05) is 18.8 Å². The smallest absolute Gasteiger partial charge is 0.166 e. The van der Waals surface area contributed by atoms with Crippen LogP contribution in [0.2, 0.25) is 0 Å². The van der Waals surface area contributed by atoms with Gasteiger partial charge in [-0.25, -0.2) is 0 Å². The topological polar surface area (TPSA) is 54.4 Å². The molecule has 3 saturated carbocycles. The Morgan fingerprint density at radius 1 is 1.39 bits per heavy atom. The minimum Gasteiger partial charge on any atom is -0.381 e. The Balaban J connectivity index is 2.14. The van der Waals surface area contributed by atoms with E-state index in [2.05, 4.69) is 6.58 Å². The number of Topliss-reactive ketones (excluding diaryl/α,β-unsaturated/α-hetero) is 2. The highest BCUT2D eigenvalue weighted by Gasteiger charge is 2.70. The van der Waals surface area contributed by atoms with Gasteiger partial charge in [-0.2, -0.15) is 0 Å². The molecule has 4 atom stereocenters. The van der Waals surface area contributed by atoms with E-state index >= 15 is 0 Å². The van der Waals surface area contributed by atoms with E-state index in [1.165, 1.54) is 0 Å². The molecule has 0 aromatic heterocycles. The Labute approximate surface area is 107 Å². The zero-order chi connectivity index (χ0) is 13.0. The number of ketones is 2. The van der Waals surface area contributed by atoms with Crippen LogP contribution in [0.5, 0.6) is 0 Å². The summed E-state index contributed by atoms with van der Waals surface area (Å²) in [6, 6.07) is 0. The van der Waals surface area contributed by atoms with Gasteiger partial charge in [0.1, 0.15) is 11.4 Å². The minimum absolute atomic E-state index is 0.120. The third-order valence-corrected chi connectivity index (χ3v) is 5.52. The molecule has 2 bridgehead atoms. The summed E-state index contributed by atoms with van der Waals surface area (Å²) in [7, 11) is 0. The Morgan fingerprint density at radius 3 is 2.89 bits per heavy atom. The summed E-state index contributed by atoms with van der Waals surface area (Å²) in [6.07, 6.45) is 6.58. The Morgan fingerprint density at radius 2 is 2.17 bits per heavy atom. The first kappa shape index (κ1) is 12.1. The Kier molecular flexibility index (Phi) is 2.53. The van der Waals surface area contributed by atoms with Crippen molar-refractivity contribution in [2.24, 2.45) is 17.3 Å². The second-order valence-corrected chi connectivity index (χ2v) is 6.19. The highest BCUT2D eigenvalue weighted by atomic mass is 16.3. The van der Waals surface area contributed by atoms with Crippen molar-refractivity contribution in [2.75, 3.05) is 0 Å². The van der Waals surface area contributed by atoms with Crippen LogP contribution in [-0.2, 0) is 9.59 Å². The first-order valence-electron chi connectivity index (χ1n) is 6.97. The first-order valence-corrected chi connectivity index (χ1v) is 6.97. The van der Waals surface area contributed by atoms with E-state index in [4.69, 9.17) is 0 Å². The van der Waals surface area contributed by atoms with Gasteiger partial charge in [-0.3, -0.25) is 9.59 Å². The number of carbonyl (C=O) groups excluding carboxylic acids is 2. The fourth-order valence-corrected chi connectivity index (χ4v) is 4.77. The minimum atomic E-state index is -1.47. The van der Waals surface area contributed by atoms with Gasteiger partial charge in [0.05, 0.1) is 5.41 Å². The SMILES string of the molecule is C=CC[C@]1(O)C(=O)C[C@H]2C[C@@H]3CCCC[C@]31C2=O. The van der Waals surface area contributed by atoms with Gasteiger partial charge in [-0.15, -0.1) is 6.58 Å². The zero-order valence-electron chi connectivity index (χ0n) is 10.7. The molecule has 3 rings (SSSR count). The number of aliphatic hydroxyl groups is 1. The second kappa shape index (κ2) is 3.77. The molecule has 98 valence electrons. The number of hydrogen-bond acceptors (Lipinski definition) is 3. The monoisotopic (exact) mass is 248 g/mol. The summed E-state index contributed by atoms with van der Waals surface area (Å²) in [4.78, 5) is 24.9. The molecule has 3 aliphatic rings. The van der Waals surface area contributed by atoms with Crippen LogP contribution in [0.1, 0.15) is 44.9 Å². The van der Waals surface area contributed by atoms with Crippen LogP contribution in [0.4, 0.5) is 0 Å². The molecule has 1 spiro atoms. The van der Waals surface area contributed by atoms with E-state index in [1.807, 2.05) is 0 Å². The van der Waals surface area contributed by atoms with Crippen molar-refractivity contribution in [3.63, 3.8) is 0 Å². The summed E-state index contributed by atoms with van der Waals surface area (Å²) in [6.45, 7) is 3.65. The van der Waals surface area contributed by atoms with Crippen LogP contribution < -0.4 is 0 Å². The van der Waals surface area contributed by atoms with Crippen LogP contribution in [0, 0.1) is 17.3 Å². The number of hydrogen-bond donors (Lipinski definition) is 1. The van der Waals surface area contributed by atoms with Gasteiger partial charge in [0.25, 0.3) is 0 Å². The number of fused-ring (bicyclic) bond motifs is 1. The molecule has 0 amide bonds. The third-order valence-electron chi connectivity index (χ3n) is 5.52. The second-order valence-electron chi connectivity index (χ2n) is 6.19. The maximum atomic E-state index is 12.6.